The van der Waals surface area contributed by atoms with Crippen molar-refractivity contribution in [3.8, 4) is 11.1 Å². The maximum atomic E-state index is 13.1. The van der Waals surface area contributed by atoms with E-state index in [0.717, 1.165) is 61.3 Å². The minimum atomic E-state index is 0.0155. The first-order valence-electron chi connectivity index (χ1n) is 11.9. The number of nitrogens with zero attached hydrogens (tertiary/aromatic N) is 4. The first-order valence-corrected chi connectivity index (χ1v) is 11.9. The average molecular weight is 443 g/mol. The molecule has 0 spiro atoms. The van der Waals surface area contributed by atoms with Crippen LogP contribution in [0, 0.1) is 0 Å². The van der Waals surface area contributed by atoms with Crippen LogP contribution in [0.25, 0.3) is 11.1 Å². The van der Waals surface area contributed by atoms with Gasteiger partial charge in [-0.1, -0.05) is 54.6 Å². The molecule has 0 unspecified atom stereocenters. The van der Waals surface area contributed by atoms with Gasteiger partial charge in [0.05, 0.1) is 6.42 Å². The van der Waals surface area contributed by atoms with E-state index < -0.39 is 0 Å². The van der Waals surface area contributed by atoms with Crippen LogP contribution < -0.4 is 0 Å². The number of rotatable bonds is 5. The number of fused-ring (bicyclic) bond motifs is 1. The zero-order valence-electron chi connectivity index (χ0n) is 19.2. The van der Waals surface area contributed by atoms with Gasteiger partial charge in [0.15, 0.2) is 5.69 Å². The Bertz CT molecular complexity index is 1140. The van der Waals surface area contributed by atoms with Gasteiger partial charge in [-0.25, -0.2) is 0 Å². The van der Waals surface area contributed by atoms with E-state index in [1.54, 1.807) is 0 Å². The van der Waals surface area contributed by atoms with Crippen molar-refractivity contribution in [1.82, 2.24) is 19.6 Å². The first-order chi connectivity index (χ1) is 16.1. The molecule has 0 bridgehead atoms. The van der Waals surface area contributed by atoms with Gasteiger partial charge in [0.25, 0.3) is 5.91 Å². The summed E-state index contributed by atoms with van der Waals surface area (Å²) >= 11 is 0. The second-order valence-corrected chi connectivity index (χ2v) is 8.89. The lowest BCUT2D eigenvalue weighted by Crippen LogP contribution is -2.38. The van der Waals surface area contributed by atoms with Crippen LogP contribution in [0.15, 0.2) is 54.6 Å². The van der Waals surface area contributed by atoms with Crippen molar-refractivity contribution in [2.24, 2.45) is 0 Å². The Labute approximate surface area is 194 Å². The van der Waals surface area contributed by atoms with Gasteiger partial charge < -0.3 is 9.80 Å². The Morgan fingerprint density at radius 2 is 1.58 bits per heavy atom. The zero-order valence-corrected chi connectivity index (χ0v) is 19.2. The molecule has 2 aliphatic heterocycles. The van der Waals surface area contributed by atoms with Crippen LogP contribution in [0.4, 0.5) is 0 Å². The minimum absolute atomic E-state index is 0.0155. The summed E-state index contributed by atoms with van der Waals surface area (Å²) in [7, 11) is 0. The number of likely N-dealkylation sites (tertiary alicyclic amines) is 1. The van der Waals surface area contributed by atoms with Crippen LogP contribution in [0.5, 0.6) is 0 Å². The number of aryl methyl sites for hydroxylation is 1. The molecule has 170 valence electrons. The van der Waals surface area contributed by atoms with E-state index in [1.807, 2.05) is 51.7 Å². The maximum absolute atomic E-state index is 13.1. The summed E-state index contributed by atoms with van der Waals surface area (Å²) < 4.78 is 1.95. The van der Waals surface area contributed by atoms with E-state index in [9.17, 15) is 9.59 Å². The summed E-state index contributed by atoms with van der Waals surface area (Å²) in [5.41, 5.74) is 5.90. The molecule has 5 rings (SSSR count). The largest absolute Gasteiger partial charge is 0.338 e. The van der Waals surface area contributed by atoms with E-state index in [-0.39, 0.29) is 11.8 Å². The monoisotopic (exact) mass is 442 g/mol. The SMILES string of the molecule is CCn1nc(C(=O)N2CCCC2)c2c1CCN(C(=O)Cc1ccc(-c3ccccc3)cc1)C2. The van der Waals surface area contributed by atoms with Crippen molar-refractivity contribution < 1.29 is 9.59 Å². The van der Waals surface area contributed by atoms with Gasteiger partial charge in [-0.2, -0.15) is 5.10 Å². The third-order valence-electron chi connectivity index (χ3n) is 6.80. The first kappa shape index (κ1) is 21.4. The molecule has 3 heterocycles. The van der Waals surface area contributed by atoms with Crippen LogP contribution in [0.2, 0.25) is 0 Å². The Balaban J connectivity index is 1.31. The number of amides is 2. The summed E-state index contributed by atoms with van der Waals surface area (Å²) in [5.74, 6) is 0.110. The third kappa shape index (κ3) is 4.30. The minimum Gasteiger partial charge on any atom is -0.338 e. The Kier molecular flexibility index (Phi) is 5.99. The normalized spacial score (nSPS) is 15.5. The molecule has 6 heteroatoms. The molecule has 0 aliphatic carbocycles. The maximum Gasteiger partial charge on any atom is 0.274 e. The van der Waals surface area contributed by atoms with Crippen molar-refractivity contribution in [3.05, 3.63) is 77.1 Å². The highest BCUT2D eigenvalue weighted by Gasteiger charge is 2.32. The Morgan fingerprint density at radius 3 is 2.27 bits per heavy atom. The Hall–Kier alpha value is -3.41. The molecule has 6 nitrogen and oxygen atoms in total. The molecule has 2 aliphatic rings. The zero-order chi connectivity index (χ0) is 22.8. The molecular weight excluding hydrogens is 412 g/mol. The highest BCUT2D eigenvalue weighted by Crippen LogP contribution is 2.26. The molecule has 1 fully saturated rings. The molecule has 1 saturated heterocycles. The van der Waals surface area contributed by atoms with Crippen LogP contribution in [0.1, 0.15) is 47.1 Å². The summed E-state index contributed by atoms with van der Waals surface area (Å²) in [6, 6.07) is 18.5. The lowest BCUT2D eigenvalue weighted by atomic mass is 10.0. The molecule has 2 amide bonds. The number of hydrogen-bond acceptors (Lipinski definition) is 3. The molecule has 1 aromatic heterocycles. The van der Waals surface area contributed by atoms with Gasteiger partial charge in [-0.15, -0.1) is 0 Å². The third-order valence-corrected chi connectivity index (χ3v) is 6.80. The standard InChI is InChI=1S/C27H30N4O2/c1-2-31-24-14-17-30(19-23(24)26(28-31)27(33)29-15-6-7-16-29)25(32)18-20-10-12-22(13-11-20)21-8-4-3-5-9-21/h3-5,8-13H,2,6-7,14-19H2,1H3. The van der Waals surface area contributed by atoms with Crippen molar-refractivity contribution in [3.63, 3.8) is 0 Å². The second-order valence-electron chi connectivity index (χ2n) is 8.89. The summed E-state index contributed by atoms with van der Waals surface area (Å²) in [6.07, 6.45) is 3.20. The van der Waals surface area contributed by atoms with E-state index >= 15 is 0 Å². The predicted molar refractivity (Wildman–Crippen MR) is 128 cm³/mol. The van der Waals surface area contributed by atoms with Crippen LogP contribution in [0.3, 0.4) is 0 Å². The van der Waals surface area contributed by atoms with E-state index in [2.05, 4.69) is 29.4 Å². The number of aromatic nitrogens is 2. The molecule has 33 heavy (non-hydrogen) atoms. The smallest absolute Gasteiger partial charge is 0.274 e. The lowest BCUT2D eigenvalue weighted by Gasteiger charge is -2.28. The predicted octanol–water partition coefficient (Wildman–Crippen LogP) is 3.93. The van der Waals surface area contributed by atoms with Crippen molar-refractivity contribution >= 4 is 11.8 Å². The number of hydrogen-bond donors (Lipinski definition) is 0. The van der Waals surface area contributed by atoms with Gasteiger partial charge in [0.2, 0.25) is 5.91 Å². The molecule has 2 aromatic carbocycles. The van der Waals surface area contributed by atoms with Crippen molar-refractivity contribution in [1.29, 1.82) is 0 Å². The van der Waals surface area contributed by atoms with Crippen LogP contribution in [-0.2, 0) is 30.7 Å². The van der Waals surface area contributed by atoms with Gasteiger partial charge in [-0.3, -0.25) is 14.3 Å². The van der Waals surface area contributed by atoms with Crippen molar-refractivity contribution in [2.75, 3.05) is 19.6 Å². The highest BCUT2D eigenvalue weighted by atomic mass is 16.2. The molecule has 0 atom stereocenters. The fourth-order valence-corrected chi connectivity index (χ4v) is 4.94. The fraction of sp³-hybridized carbons (Fsp3) is 0.370. The van der Waals surface area contributed by atoms with E-state index in [1.165, 1.54) is 5.56 Å². The summed E-state index contributed by atoms with van der Waals surface area (Å²) in [4.78, 5) is 30.0. The Morgan fingerprint density at radius 1 is 0.879 bits per heavy atom. The van der Waals surface area contributed by atoms with E-state index in [4.69, 9.17) is 0 Å². The molecule has 0 radical (unpaired) electrons. The van der Waals surface area contributed by atoms with Gasteiger partial charge in [0, 0.05) is 50.4 Å². The topological polar surface area (TPSA) is 58.4 Å². The lowest BCUT2D eigenvalue weighted by molar-refractivity contribution is -0.131. The van der Waals surface area contributed by atoms with E-state index in [0.29, 0.717) is 25.2 Å². The van der Waals surface area contributed by atoms with Gasteiger partial charge >= 0.3 is 0 Å². The summed E-state index contributed by atoms with van der Waals surface area (Å²) in [5, 5.41) is 4.66. The van der Waals surface area contributed by atoms with Crippen LogP contribution >= 0.6 is 0 Å². The highest BCUT2D eigenvalue weighted by molar-refractivity contribution is 5.94. The quantitative estimate of drug-likeness (QED) is 0.602. The van der Waals surface area contributed by atoms with Crippen LogP contribution in [-0.4, -0.2) is 51.0 Å². The number of benzene rings is 2. The fourth-order valence-electron chi connectivity index (χ4n) is 4.94. The van der Waals surface area contributed by atoms with Gasteiger partial charge in [-0.05, 0) is 36.5 Å². The molecule has 0 N–H and O–H groups in total. The van der Waals surface area contributed by atoms with Gasteiger partial charge in [0.1, 0.15) is 0 Å². The number of carbonyl (C=O) groups excluding carboxylic acids is 2. The number of carbonyl (C=O) groups is 2. The van der Waals surface area contributed by atoms with Crippen molar-refractivity contribution in [2.45, 2.75) is 45.7 Å². The molecule has 3 aromatic rings. The molecule has 0 saturated carbocycles. The second kappa shape index (κ2) is 9.22. The average Bonchev–Trinajstić information content (AvgIpc) is 3.53. The molecular formula is C27H30N4O2. The summed E-state index contributed by atoms with van der Waals surface area (Å²) in [6.45, 7) is 5.51.